The van der Waals surface area contributed by atoms with E-state index in [1.54, 1.807) is 11.3 Å². The number of amides is 1. The van der Waals surface area contributed by atoms with Crippen molar-refractivity contribution in [1.29, 1.82) is 0 Å². The van der Waals surface area contributed by atoms with E-state index in [4.69, 9.17) is 5.73 Å². The molecule has 0 radical (unpaired) electrons. The van der Waals surface area contributed by atoms with Gasteiger partial charge in [0.2, 0.25) is 0 Å². The topological polar surface area (TPSA) is 55.1 Å². The molecule has 2 aromatic rings. The van der Waals surface area contributed by atoms with Crippen molar-refractivity contribution in [3.8, 4) is 0 Å². The standard InChI is InChI=1S/C17H22N2OS/c1-2-11-4-3-5-14(8-11)19-17(20)16-10-12-9-13(18)6-7-15(12)21-16/h6-7,9-11,14H,2-5,8,18H2,1H3,(H,19,20). The summed E-state index contributed by atoms with van der Waals surface area (Å²) in [4.78, 5) is 13.2. The van der Waals surface area contributed by atoms with Crippen molar-refractivity contribution < 1.29 is 4.79 Å². The maximum absolute atomic E-state index is 12.4. The van der Waals surface area contributed by atoms with Crippen molar-refractivity contribution >= 4 is 33.0 Å². The Labute approximate surface area is 129 Å². The number of anilines is 1. The molecule has 1 heterocycles. The molecule has 0 spiro atoms. The summed E-state index contributed by atoms with van der Waals surface area (Å²) in [5, 5.41) is 4.27. The normalized spacial score (nSPS) is 22.3. The second-order valence-electron chi connectivity index (χ2n) is 6.02. The Balaban J connectivity index is 1.71. The van der Waals surface area contributed by atoms with Crippen molar-refractivity contribution in [2.24, 2.45) is 5.92 Å². The predicted molar refractivity (Wildman–Crippen MR) is 89.7 cm³/mol. The number of nitrogen functional groups attached to an aromatic ring is 1. The van der Waals surface area contributed by atoms with E-state index in [-0.39, 0.29) is 5.91 Å². The van der Waals surface area contributed by atoms with Gasteiger partial charge in [-0.3, -0.25) is 4.79 Å². The number of carbonyl (C=O) groups is 1. The van der Waals surface area contributed by atoms with Gasteiger partial charge in [-0.15, -0.1) is 11.3 Å². The fraction of sp³-hybridized carbons (Fsp3) is 0.471. The van der Waals surface area contributed by atoms with Gasteiger partial charge in [0.25, 0.3) is 5.91 Å². The number of hydrogen-bond acceptors (Lipinski definition) is 3. The molecule has 1 fully saturated rings. The Morgan fingerprint density at radius 3 is 3.05 bits per heavy atom. The van der Waals surface area contributed by atoms with Crippen LogP contribution in [0.15, 0.2) is 24.3 Å². The molecular weight excluding hydrogens is 280 g/mol. The summed E-state index contributed by atoms with van der Waals surface area (Å²) in [6, 6.07) is 8.08. The average molecular weight is 302 g/mol. The Hall–Kier alpha value is -1.55. The summed E-state index contributed by atoms with van der Waals surface area (Å²) in [5.74, 6) is 0.836. The predicted octanol–water partition coefficient (Wildman–Crippen LogP) is 4.18. The van der Waals surface area contributed by atoms with Gasteiger partial charge < -0.3 is 11.1 Å². The van der Waals surface area contributed by atoms with Crippen LogP contribution in [-0.4, -0.2) is 11.9 Å². The van der Waals surface area contributed by atoms with Crippen LogP contribution in [0.1, 0.15) is 48.7 Å². The highest BCUT2D eigenvalue weighted by Gasteiger charge is 2.23. The van der Waals surface area contributed by atoms with E-state index < -0.39 is 0 Å². The van der Waals surface area contributed by atoms with Crippen LogP contribution in [0, 0.1) is 5.92 Å². The fourth-order valence-corrected chi connectivity index (χ4v) is 4.17. The number of hydrogen-bond donors (Lipinski definition) is 2. The molecular formula is C17H22N2OS. The highest BCUT2D eigenvalue weighted by molar-refractivity contribution is 7.20. The first-order chi connectivity index (χ1) is 10.2. The van der Waals surface area contributed by atoms with Gasteiger partial charge in [0, 0.05) is 16.4 Å². The molecule has 3 N–H and O–H groups in total. The van der Waals surface area contributed by atoms with Gasteiger partial charge in [-0.25, -0.2) is 0 Å². The summed E-state index contributed by atoms with van der Waals surface area (Å²) >= 11 is 1.54. The van der Waals surface area contributed by atoms with E-state index in [1.165, 1.54) is 19.3 Å². The minimum atomic E-state index is 0.0662. The lowest BCUT2D eigenvalue weighted by Crippen LogP contribution is -2.38. The second-order valence-corrected chi connectivity index (χ2v) is 7.10. The molecule has 2 atom stereocenters. The molecule has 4 heteroatoms. The molecule has 112 valence electrons. The van der Waals surface area contributed by atoms with Crippen LogP contribution in [0.4, 0.5) is 5.69 Å². The van der Waals surface area contributed by atoms with E-state index >= 15 is 0 Å². The van der Waals surface area contributed by atoms with Gasteiger partial charge >= 0.3 is 0 Å². The van der Waals surface area contributed by atoms with Crippen LogP contribution in [0.5, 0.6) is 0 Å². The van der Waals surface area contributed by atoms with Gasteiger partial charge in [-0.1, -0.05) is 26.2 Å². The molecule has 2 unspecified atom stereocenters. The minimum absolute atomic E-state index is 0.0662. The number of nitrogens with one attached hydrogen (secondary N) is 1. The van der Waals surface area contributed by atoms with E-state index in [2.05, 4.69) is 12.2 Å². The Morgan fingerprint density at radius 1 is 1.38 bits per heavy atom. The number of carbonyl (C=O) groups excluding carboxylic acids is 1. The molecule has 1 amide bonds. The van der Waals surface area contributed by atoms with Crippen molar-refractivity contribution in [1.82, 2.24) is 5.32 Å². The van der Waals surface area contributed by atoms with E-state index in [0.717, 1.165) is 39.4 Å². The van der Waals surface area contributed by atoms with E-state index in [9.17, 15) is 4.79 Å². The molecule has 0 aliphatic heterocycles. The largest absolute Gasteiger partial charge is 0.399 e. The van der Waals surface area contributed by atoms with Crippen molar-refractivity contribution in [3.05, 3.63) is 29.1 Å². The third kappa shape index (κ3) is 3.21. The monoisotopic (exact) mass is 302 g/mol. The quantitative estimate of drug-likeness (QED) is 0.836. The lowest BCUT2D eigenvalue weighted by molar-refractivity contribution is 0.0923. The molecule has 1 aromatic carbocycles. The highest BCUT2D eigenvalue weighted by Crippen LogP contribution is 2.29. The molecule has 0 bridgehead atoms. The van der Waals surface area contributed by atoms with Gasteiger partial charge in [0.05, 0.1) is 4.88 Å². The maximum atomic E-state index is 12.4. The lowest BCUT2D eigenvalue weighted by Gasteiger charge is -2.28. The first kappa shape index (κ1) is 14.4. The van der Waals surface area contributed by atoms with Crippen molar-refractivity contribution in [2.45, 2.75) is 45.1 Å². The van der Waals surface area contributed by atoms with Crippen LogP contribution < -0.4 is 11.1 Å². The SMILES string of the molecule is CCC1CCCC(NC(=O)c2cc3cc(N)ccc3s2)C1. The Bertz CT molecular complexity index is 649. The zero-order valence-corrected chi connectivity index (χ0v) is 13.2. The molecule has 0 saturated heterocycles. The number of benzene rings is 1. The van der Waals surface area contributed by atoms with Gasteiger partial charge in [-0.05, 0) is 48.4 Å². The summed E-state index contributed by atoms with van der Waals surface area (Å²) in [7, 11) is 0. The summed E-state index contributed by atoms with van der Waals surface area (Å²) in [5.41, 5.74) is 6.53. The zero-order chi connectivity index (χ0) is 14.8. The average Bonchev–Trinajstić information content (AvgIpc) is 2.90. The number of rotatable bonds is 3. The van der Waals surface area contributed by atoms with Crippen LogP contribution >= 0.6 is 11.3 Å². The zero-order valence-electron chi connectivity index (χ0n) is 12.4. The molecule has 3 nitrogen and oxygen atoms in total. The Morgan fingerprint density at radius 2 is 2.24 bits per heavy atom. The van der Waals surface area contributed by atoms with Crippen LogP contribution in [-0.2, 0) is 0 Å². The third-order valence-electron chi connectivity index (χ3n) is 4.46. The first-order valence-corrected chi connectivity index (χ1v) is 8.57. The molecule has 3 rings (SSSR count). The summed E-state index contributed by atoms with van der Waals surface area (Å²) < 4.78 is 1.12. The number of nitrogens with two attached hydrogens (primary N) is 1. The first-order valence-electron chi connectivity index (χ1n) is 7.75. The summed E-state index contributed by atoms with van der Waals surface area (Å²) in [6.07, 6.45) is 5.99. The minimum Gasteiger partial charge on any atom is -0.399 e. The highest BCUT2D eigenvalue weighted by atomic mass is 32.1. The van der Waals surface area contributed by atoms with Crippen LogP contribution in [0.3, 0.4) is 0 Å². The second kappa shape index (κ2) is 6.06. The van der Waals surface area contributed by atoms with Gasteiger partial charge in [-0.2, -0.15) is 0 Å². The van der Waals surface area contributed by atoms with Gasteiger partial charge in [0.1, 0.15) is 0 Å². The van der Waals surface area contributed by atoms with Crippen molar-refractivity contribution in [3.63, 3.8) is 0 Å². The molecule has 1 aromatic heterocycles. The third-order valence-corrected chi connectivity index (χ3v) is 5.57. The molecule has 1 aliphatic rings. The fourth-order valence-electron chi connectivity index (χ4n) is 3.22. The van der Waals surface area contributed by atoms with Gasteiger partial charge in [0.15, 0.2) is 0 Å². The molecule has 21 heavy (non-hydrogen) atoms. The summed E-state index contributed by atoms with van der Waals surface area (Å²) in [6.45, 7) is 2.24. The number of thiophene rings is 1. The lowest BCUT2D eigenvalue weighted by atomic mass is 9.84. The number of fused-ring (bicyclic) bond motifs is 1. The molecule has 1 saturated carbocycles. The van der Waals surface area contributed by atoms with E-state index in [0.29, 0.717) is 6.04 Å². The van der Waals surface area contributed by atoms with Crippen LogP contribution in [0.2, 0.25) is 0 Å². The van der Waals surface area contributed by atoms with E-state index in [1.807, 2.05) is 24.3 Å². The van der Waals surface area contributed by atoms with Crippen molar-refractivity contribution in [2.75, 3.05) is 5.73 Å². The Kier molecular flexibility index (Phi) is 4.15. The molecule has 1 aliphatic carbocycles. The van der Waals surface area contributed by atoms with Crippen LogP contribution in [0.25, 0.3) is 10.1 Å². The maximum Gasteiger partial charge on any atom is 0.261 e. The smallest absolute Gasteiger partial charge is 0.261 e.